The Balaban J connectivity index is 1.84. The highest BCUT2D eigenvalue weighted by atomic mass is 16.5. The molecule has 112 valence electrons. The number of carbonyl (C=O) groups is 2. The summed E-state index contributed by atoms with van der Waals surface area (Å²) in [5.74, 6) is -1.05. The van der Waals surface area contributed by atoms with Crippen molar-refractivity contribution in [3.05, 3.63) is 35.9 Å². The van der Waals surface area contributed by atoms with Crippen molar-refractivity contribution in [3.63, 3.8) is 0 Å². The zero-order valence-corrected chi connectivity index (χ0v) is 11.7. The summed E-state index contributed by atoms with van der Waals surface area (Å²) in [5.41, 5.74) is 0.642. The smallest absolute Gasteiger partial charge is 0.314 e. The van der Waals surface area contributed by atoms with Gasteiger partial charge in [-0.15, -0.1) is 0 Å². The van der Waals surface area contributed by atoms with Crippen LogP contribution in [0.2, 0.25) is 0 Å². The highest BCUT2D eigenvalue weighted by molar-refractivity contribution is 6.39. The van der Waals surface area contributed by atoms with Crippen LogP contribution in [0.5, 0.6) is 0 Å². The molecule has 0 saturated carbocycles. The van der Waals surface area contributed by atoms with Gasteiger partial charge in [0, 0.05) is 31.5 Å². The van der Waals surface area contributed by atoms with Crippen molar-refractivity contribution in [2.75, 3.05) is 11.9 Å². The molecule has 3 N–H and O–H groups in total. The predicted molar refractivity (Wildman–Crippen MR) is 73.3 cm³/mol. The van der Waals surface area contributed by atoms with Crippen LogP contribution in [0.1, 0.15) is 17.6 Å². The molecule has 2 rings (SSSR count). The monoisotopic (exact) mass is 292 g/mol. The molecule has 0 bridgehead atoms. The van der Waals surface area contributed by atoms with Gasteiger partial charge >= 0.3 is 11.8 Å². The summed E-state index contributed by atoms with van der Waals surface area (Å²) in [5, 5.41) is 18.1. The molecule has 0 aliphatic heterocycles. The molecular formula is C13H16N4O4. The number of amides is 2. The first-order valence-electron chi connectivity index (χ1n) is 6.29. The molecule has 8 nitrogen and oxygen atoms in total. The van der Waals surface area contributed by atoms with Crippen LogP contribution >= 0.6 is 0 Å². The van der Waals surface area contributed by atoms with Crippen LogP contribution in [0.4, 0.5) is 5.82 Å². The summed E-state index contributed by atoms with van der Waals surface area (Å²) in [6, 6.07) is 5.00. The van der Waals surface area contributed by atoms with Crippen LogP contribution in [0.15, 0.2) is 28.9 Å². The Morgan fingerprint density at radius 2 is 2.24 bits per heavy atom. The molecule has 8 heteroatoms. The number of aryl methyl sites for hydroxylation is 2. The van der Waals surface area contributed by atoms with Gasteiger partial charge in [0.1, 0.15) is 11.9 Å². The molecule has 2 aromatic heterocycles. The molecule has 2 aromatic rings. The minimum absolute atomic E-state index is 0.0675. The molecule has 0 aromatic carbocycles. The Morgan fingerprint density at radius 1 is 1.48 bits per heavy atom. The van der Waals surface area contributed by atoms with Crippen molar-refractivity contribution >= 4 is 17.6 Å². The van der Waals surface area contributed by atoms with Crippen LogP contribution in [0.25, 0.3) is 0 Å². The zero-order chi connectivity index (χ0) is 15.4. The van der Waals surface area contributed by atoms with Gasteiger partial charge in [0.2, 0.25) is 0 Å². The fourth-order valence-corrected chi connectivity index (χ4v) is 1.79. The van der Waals surface area contributed by atoms with Crippen molar-refractivity contribution < 1.29 is 19.2 Å². The second-order valence-corrected chi connectivity index (χ2v) is 4.55. The second kappa shape index (κ2) is 6.23. The van der Waals surface area contributed by atoms with E-state index in [0.29, 0.717) is 11.5 Å². The van der Waals surface area contributed by atoms with Crippen LogP contribution in [-0.2, 0) is 16.6 Å². The predicted octanol–water partition coefficient (Wildman–Crippen LogP) is 0.110. The number of nitrogens with one attached hydrogen (secondary N) is 2. The normalized spacial score (nSPS) is 12.0. The molecule has 0 aliphatic carbocycles. The molecular weight excluding hydrogens is 276 g/mol. The van der Waals surface area contributed by atoms with Gasteiger partial charge < -0.3 is 19.5 Å². The molecule has 0 fully saturated rings. The number of aliphatic hydroxyl groups excluding tert-OH is 1. The van der Waals surface area contributed by atoms with Crippen molar-refractivity contribution in [1.29, 1.82) is 0 Å². The number of rotatable bonds is 4. The molecule has 0 spiro atoms. The SMILES string of the molecule is Cc1cc(NC(=O)C(=O)NCC(O)c2cccn2C)no1. The molecule has 2 heterocycles. The third kappa shape index (κ3) is 3.69. The second-order valence-electron chi connectivity index (χ2n) is 4.55. The maximum Gasteiger partial charge on any atom is 0.314 e. The number of hydrogen-bond acceptors (Lipinski definition) is 5. The van der Waals surface area contributed by atoms with Crippen LogP contribution < -0.4 is 10.6 Å². The molecule has 21 heavy (non-hydrogen) atoms. The number of hydrogen-bond donors (Lipinski definition) is 3. The van der Waals surface area contributed by atoms with E-state index < -0.39 is 17.9 Å². The Morgan fingerprint density at radius 3 is 2.81 bits per heavy atom. The third-order valence-corrected chi connectivity index (χ3v) is 2.86. The van der Waals surface area contributed by atoms with Crippen molar-refractivity contribution in [2.24, 2.45) is 7.05 Å². The molecule has 0 aliphatic rings. The van der Waals surface area contributed by atoms with E-state index >= 15 is 0 Å². The molecule has 0 saturated heterocycles. The van der Waals surface area contributed by atoms with Crippen molar-refractivity contribution in [3.8, 4) is 0 Å². The lowest BCUT2D eigenvalue weighted by Crippen LogP contribution is -2.37. The van der Waals surface area contributed by atoms with E-state index in [1.807, 2.05) is 0 Å². The van der Waals surface area contributed by atoms with E-state index in [4.69, 9.17) is 4.52 Å². The maximum absolute atomic E-state index is 11.6. The first-order chi connectivity index (χ1) is 9.97. The lowest BCUT2D eigenvalue weighted by atomic mass is 10.2. The van der Waals surface area contributed by atoms with Gasteiger partial charge in [-0.1, -0.05) is 5.16 Å². The van der Waals surface area contributed by atoms with E-state index in [-0.39, 0.29) is 12.4 Å². The first kappa shape index (κ1) is 14.8. The average molecular weight is 292 g/mol. The van der Waals surface area contributed by atoms with Gasteiger partial charge in [-0.05, 0) is 19.1 Å². The van der Waals surface area contributed by atoms with Gasteiger partial charge in [0.05, 0.1) is 0 Å². The minimum atomic E-state index is -0.893. The van der Waals surface area contributed by atoms with Crippen molar-refractivity contribution in [2.45, 2.75) is 13.0 Å². The number of aromatic nitrogens is 2. The number of nitrogens with zero attached hydrogens (tertiary/aromatic N) is 2. The Labute approximate surface area is 120 Å². The van der Waals surface area contributed by atoms with Crippen molar-refractivity contribution in [1.82, 2.24) is 15.0 Å². The quantitative estimate of drug-likeness (QED) is 0.693. The highest BCUT2D eigenvalue weighted by Crippen LogP contribution is 2.11. The maximum atomic E-state index is 11.6. The Hall–Kier alpha value is -2.61. The van der Waals surface area contributed by atoms with Gasteiger partial charge in [-0.3, -0.25) is 14.9 Å². The topological polar surface area (TPSA) is 109 Å². The summed E-state index contributed by atoms with van der Waals surface area (Å²) in [7, 11) is 1.78. The fraction of sp³-hybridized carbons (Fsp3) is 0.308. The molecule has 2 amide bonds. The fourth-order valence-electron chi connectivity index (χ4n) is 1.79. The largest absolute Gasteiger partial charge is 0.385 e. The third-order valence-electron chi connectivity index (χ3n) is 2.86. The van der Waals surface area contributed by atoms with E-state index in [0.717, 1.165) is 0 Å². The highest BCUT2D eigenvalue weighted by Gasteiger charge is 2.18. The Kier molecular flexibility index (Phi) is 4.39. The average Bonchev–Trinajstić information content (AvgIpc) is 3.04. The standard InChI is InChI=1S/C13H16N4O4/c1-8-6-11(16-21-8)15-13(20)12(19)14-7-10(18)9-4-3-5-17(9)2/h3-6,10,18H,7H2,1-2H3,(H,14,19)(H,15,16,20). The van der Waals surface area contributed by atoms with Gasteiger partial charge in [0.15, 0.2) is 5.82 Å². The van der Waals surface area contributed by atoms with Crippen LogP contribution in [0.3, 0.4) is 0 Å². The number of aliphatic hydroxyl groups is 1. The molecule has 0 radical (unpaired) electrons. The summed E-state index contributed by atoms with van der Waals surface area (Å²) in [4.78, 5) is 23.2. The number of anilines is 1. The molecule has 1 atom stereocenters. The van der Waals surface area contributed by atoms with Gasteiger partial charge in [-0.2, -0.15) is 0 Å². The lowest BCUT2D eigenvalue weighted by Gasteiger charge is -2.12. The summed E-state index contributed by atoms with van der Waals surface area (Å²) < 4.78 is 6.50. The molecule has 1 unspecified atom stereocenters. The zero-order valence-electron chi connectivity index (χ0n) is 11.7. The summed E-state index contributed by atoms with van der Waals surface area (Å²) in [6.45, 7) is 1.60. The van der Waals surface area contributed by atoms with Gasteiger partial charge in [0.25, 0.3) is 0 Å². The lowest BCUT2D eigenvalue weighted by molar-refractivity contribution is -0.136. The van der Waals surface area contributed by atoms with Gasteiger partial charge in [-0.25, -0.2) is 0 Å². The first-order valence-corrected chi connectivity index (χ1v) is 6.29. The van der Waals surface area contributed by atoms with E-state index in [2.05, 4.69) is 15.8 Å². The van der Waals surface area contributed by atoms with Crippen LogP contribution in [0, 0.1) is 6.92 Å². The minimum Gasteiger partial charge on any atom is -0.385 e. The van der Waals surface area contributed by atoms with E-state index in [1.165, 1.54) is 6.07 Å². The summed E-state index contributed by atoms with van der Waals surface area (Å²) >= 11 is 0. The van der Waals surface area contributed by atoms with E-state index in [1.54, 1.807) is 36.9 Å². The Bertz CT molecular complexity index is 646. The summed E-state index contributed by atoms with van der Waals surface area (Å²) in [6.07, 6.45) is 0.885. The van der Waals surface area contributed by atoms with Crippen LogP contribution in [-0.4, -0.2) is 33.2 Å². The number of carbonyl (C=O) groups excluding carboxylic acids is 2. The van der Waals surface area contributed by atoms with E-state index in [9.17, 15) is 14.7 Å².